The lowest BCUT2D eigenvalue weighted by Crippen LogP contribution is -2.15. The number of aromatic nitrogens is 1. The molecule has 3 amide bonds. The lowest BCUT2D eigenvalue weighted by atomic mass is 9.95. The molecule has 6 N–H and O–H groups in total. The van der Waals surface area contributed by atoms with Gasteiger partial charge in [0.25, 0.3) is 0 Å². The van der Waals surface area contributed by atoms with Crippen LogP contribution >= 0.6 is 0 Å². The number of hydrogen-bond acceptors (Lipinski definition) is 5. The average Bonchev–Trinajstić information content (AvgIpc) is 2.72. The maximum absolute atomic E-state index is 11.8. The Morgan fingerprint density at radius 2 is 1.59 bits per heavy atom. The zero-order valence-electron chi connectivity index (χ0n) is 15.3. The Balaban J connectivity index is 1.89. The molecule has 146 valence electrons. The molecule has 0 aliphatic rings. The molecule has 0 saturated heterocycles. The summed E-state index contributed by atoms with van der Waals surface area (Å²) in [5.74, 6) is -1.44. The number of primary amides is 3. The van der Waals surface area contributed by atoms with Crippen LogP contribution in [0.3, 0.4) is 0 Å². The first kappa shape index (κ1) is 19.6. The molecule has 0 fully saturated rings. The SMILES string of the molecule is NC(=O)c1cncc(OCc2cccc(-c3cc(C(N)=O)ccc3C(N)=O)c2)c1. The Labute approximate surface area is 166 Å². The third-order valence-electron chi connectivity index (χ3n) is 4.21. The molecule has 0 radical (unpaired) electrons. The molecule has 29 heavy (non-hydrogen) atoms. The molecule has 8 heteroatoms. The van der Waals surface area contributed by atoms with Gasteiger partial charge in [0, 0.05) is 17.3 Å². The Morgan fingerprint density at radius 1 is 0.828 bits per heavy atom. The quantitative estimate of drug-likeness (QED) is 0.560. The number of pyridine rings is 1. The number of amides is 3. The van der Waals surface area contributed by atoms with Crippen LogP contribution in [-0.4, -0.2) is 22.7 Å². The van der Waals surface area contributed by atoms with Crippen LogP contribution in [0.25, 0.3) is 11.1 Å². The summed E-state index contributed by atoms with van der Waals surface area (Å²) in [6.45, 7) is 0.180. The van der Waals surface area contributed by atoms with Crippen molar-refractivity contribution >= 4 is 17.7 Å². The van der Waals surface area contributed by atoms with Crippen molar-refractivity contribution in [2.45, 2.75) is 6.61 Å². The summed E-state index contributed by atoms with van der Waals surface area (Å²) in [7, 11) is 0. The second-order valence-electron chi connectivity index (χ2n) is 6.25. The minimum absolute atomic E-state index is 0.180. The molecule has 2 aromatic carbocycles. The first-order valence-corrected chi connectivity index (χ1v) is 8.56. The Hall–Kier alpha value is -4.20. The number of carbonyl (C=O) groups excluding carboxylic acids is 3. The van der Waals surface area contributed by atoms with Gasteiger partial charge in [-0.25, -0.2) is 0 Å². The van der Waals surface area contributed by atoms with Gasteiger partial charge in [0.2, 0.25) is 17.7 Å². The summed E-state index contributed by atoms with van der Waals surface area (Å²) in [6, 6.07) is 13.2. The number of benzene rings is 2. The molecule has 0 spiro atoms. The van der Waals surface area contributed by atoms with Gasteiger partial charge in [-0.2, -0.15) is 0 Å². The predicted octanol–water partition coefficient (Wildman–Crippen LogP) is 1.62. The van der Waals surface area contributed by atoms with E-state index in [1.54, 1.807) is 18.2 Å². The number of carbonyl (C=O) groups is 3. The van der Waals surface area contributed by atoms with Crippen LogP contribution in [0.15, 0.2) is 60.9 Å². The highest BCUT2D eigenvalue weighted by Crippen LogP contribution is 2.26. The van der Waals surface area contributed by atoms with E-state index in [0.29, 0.717) is 16.9 Å². The van der Waals surface area contributed by atoms with E-state index in [9.17, 15) is 14.4 Å². The maximum atomic E-state index is 11.8. The van der Waals surface area contributed by atoms with Crippen LogP contribution in [-0.2, 0) is 6.61 Å². The van der Waals surface area contributed by atoms with E-state index in [1.807, 2.05) is 6.07 Å². The summed E-state index contributed by atoms with van der Waals surface area (Å²) in [6.07, 6.45) is 2.82. The smallest absolute Gasteiger partial charge is 0.250 e. The van der Waals surface area contributed by atoms with Gasteiger partial charge in [0.1, 0.15) is 12.4 Å². The molecule has 1 aromatic heterocycles. The van der Waals surface area contributed by atoms with Gasteiger partial charge in [-0.15, -0.1) is 0 Å². The molecule has 0 aliphatic carbocycles. The van der Waals surface area contributed by atoms with E-state index in [2.05, 4.69) is 4.98 Å². The summed E-state index contributed by atoms with van der Waals surface area (Å²) in [5, 5.41) is 0. The fraction of sp³-hybridized carbons (Fsp3) is 0.0476. The third kappa shape index (κ3) is 4.56. The topological polar surface area (TPSA) is 151 Å². The molecule has 3 aromatic rings. The molecule has 1 heterocycles. The van der Waals surface area contributed by atoms with Gasteiger partial charge in [-0.3, -0.25) is 19.4 Å². The van der Waals surface area contributed by atoms with Crippen LogP contribution in [0.2, 0.25) is 0 Å². The lowest BCUT2D eigenvalue weighted by molar-refractivity contribution is 0.0989. The molecule has 0 bridgehead atoms. The highest BCUT2D eigenvalue weighted by atomic mass is 16.5. The molecule has 0 aliphatic heterocycles. The van der Waals surface area contributed by atoms with Crippen molar-refractivity contribution < 1.29 is 19.1 Å². The van der Waals surface area contributed by atoms with Crippen molar-refractivity contribution in [2.75, 3.05) is 0 Å². The fourth-order valence-electron chi connectivity index (χ4n) is 2.78. The molecule has 8 nitrogen and oxygen atoms in total. The lowest BCUT2D eigenvalue weighted by Gasteiger charge is -2.11. The van der Waals surface area contributed by atoms with E-state index in [4.69, 9.17) is 21.9 Å². The van der Waals surface area contributed by atoms with Crippen LogP contribution in [0.5, 0.6) is 5.75 Å². The normalized spacial score (nSPS) is 10.3. The van der Waals surface area contributed by atoms with E-state index < -0.39 is 17.7 Å². The van der Waals surface area contributed by atoms with Crippen molar-refractivity contribution in [3.63, 3.8) is 0 Å². The second-order valence-corrected chi connectivity index (χ2v) is 6.25. The molecule has 0 atom stereocenters. The Kier molecular flexibility index (Phi) is 5.54. The van der Waals surface area contributed by atoms with Crippen molar-refractivity contribution in [2.24, 2.45) is 17.2 Å². The first-order chi connectivity index (χ1) is 13.8. The largest absolute Gasteiger partial charge is 0.487 e. The van der Waals surface area contributed by atoms with Crippen LogP contribution < -0.4 is 21.9 Å². The highest BCUT2D eigenvalue weighted by Gasteiger charge is 2.13. The van der Waals surface area contributed by atoms with E-state index in [0.717, 1.165) is 5.56 Å². The number of nitrogens with zero attached hydrogens (tertiary/aromatic N) is 1. The third-order valence-corrected chi connectivity index (χ3v) is 4.21. The molecule has 0 saturated carbocycles. The average molecular weight is 390 g/mol. The number of rotatable bonds is 7. The summed E-state index contributed by atoms with van der Waals surface area (Å²) in [4.78, 5) is 38.5. The van der Waals surface area contributed by atoms with Gasteiger partial charge < -0.3 is 21.9 Å². The maximum Gasteiger partial charge on any atom is 0.250 e. The van der Waals surface area contributed by atoms with E-state index >= 15 is 0 Å². The van der Waals surface area contributed by atoms with E-state index in [-0.39, 0.29) is 23.3 Å². The molecular weight excluding hydrogens is 372 g/mol. The molecule has 0 unspecified atom stereocenters. The summed E-state index contributed by atoms with van der Waals surface area (Å²) < 4.78 is 5.68. The Bertz CT molecular complexity index is 1110. The van der Waals surface area contributed by atoms with Crippen LogP contribution in [0, 0.1) is 0 Å². The van der Waals surface area contributed by atoms with Crippen molar-refractivity contribution in [1.82, 2.24) is 4.98 Å². The number of nitrogens with two attached hydrogens (primary N) is 3. The fourth-order valence-corrected chi connectivity index (χ4v) is 2.78. The van der Waals surface area contributed by atoms with Crippen molar-refractivity contribution in [3.8, 4) is 16.9 Å². The van der Waals surface area contributed by atoms with Crippen molar-refractivity contribution in [1.29, 1.82) is 0 Å². The zero-order chi connectivity index (χ0) is 21.0. The Morgan fingerprint density at radius 3 is 2.28 bits per heavy atom. The van der Waals surface area contributed by atoms with Gasteiger partial charge in [0.15, 0.2) is 0 Å². The predicted molar refractivity (Wildman–Crippen MR) is 106 cm³/mol. The highest BCUT2D eigenvalue weighted by molar-refractivity contribution is 6.02. The summed E-state index contributed by atoms with van der Waals surface area (Å²) >= 11 is 0. The van der Waals surface area contributed by atoms with Gasteiger partial charge in [-0.05, 0) is 47.0 Å². The van der Waals surface area contributed by atoms with Crippen molar-refractivity contribution in [3.05, 3.63) is 83.2 Å². The molecular formula is C21H18N4O4. The van der Waals surface area contributed by atoms with Gasteiger partial charge in [0.05, 0.1) is 11.8 Å². The minimum Gasteiger partial charge on any atom is -0.487 e. The summed E-state index contributed by atoms with van der Waals surface area (Å²) in [5.41, 5.74) is 18.8. The number of hydrogen-bond donors (Lipinski definition) is 3. The van der Waals surface area contributed by atoms with Crippen LogP contribution in [0.4, 0.5) is 0 Å². The van der Waals surface area contributed by atoms with Gasteiger partial charge >= 0.3 is 0 Å². The van der Waals surface area contributed by atoms with Gasteiger partial charge in [-0.1, -0.05) is 18.2 Å². The van der Waals surface area contributed by atoms with Crippen LogP contribution in [0.1, 0.15) is 36.6 Å². The molecule has 3 rings (SSSR count). The second kappa shape index (κ2) is 8.22. The zero-order valence-corrected chi connectivity index (χ0v) is 15.3. The monoisotopic (exact) mass is 390 g/mol. The first-order valence-electron chi connectivity index (χ1n) is 8.56. The minimum atomic E-state index is -0.619. The number of ether oxygens (including phenoxy) is 1. The van der Waals surface area contributed by atoms with E-state index in [1.165, 1.54) is 36.7 Å². The standard InChI is InChI=1S/C21H18N4O4/c22-19(26)14-4-5-17(21(24)28)18(8-14)13-3-1-2-12(6-13)11-29-16-7-15(20(23)27)9-25-10-16/h1-10H,11H2,(H2,22,26)(H2,23,27)(H2,24,28).